The highest BCUT2D eigenvalue weighted by Gasteiger charge is 2.37. The molecule has 30 heavy (non-hydrogen) atoms. The van der Waals surface area contributed by atoms with Gasteiger partial charge in [-0.2, -0.15) is 0 Å². The fourth-order valence-electron chi connectivity index (χ4n) is 4.22. The maximum atomic E-state index is 15.2. The van der Waals surface area contributed by atoms with Gasteiger partial charge >= 0.3 is 0 Å². The predicted molar refractivity (Wildman–Crippen MR) is 123 cm³/mol. The summed E-state index contributed by atoms with van der Waals surface area (Å²) in [4.78, 5) is 4.73. The number of allylic oxidation sites excluding steroid dienone is 6. The number of hydrogen-bond donors (Lipinski definition) is 2. The topological polar surface area (TPSA) is 50.9 Å². The lowest BCUT2D eigenvalue weighted by molar-refractivity contribution is 0.621. The van der Waals surface area contributed by atoms with Gasteiger partial charge in [0.25, 0.3) is 0 Å². The van der Waals surface area contributed by atoms with Crippen LogP contribution in [0, 0.1) is 18.8 Å². The van der Waals surface area contributed by atoms with Crippen molar-refractivity contribution in [1.82, 2.24) is 4.98 Å². The SMILES string of the molecule is C=C(N)Nc1c(-c2ccccc2)cnc(C2=C/C(F)=C(/C3CC3C)CCC=C2)c1C. The minimum Gasteiger partial charge on any atom is -0.386 e. The molecule has 4 rings (SSSR count). The lowest BCUT2D eigenvalue weighted by Gasteiger charge is -2.18. The Balaban J connectivity index is 1.82. The average Bonchev–Trinajstić information content (AvgIpc) is 3.43. The molecule has 2 aromatic rings. The van der Waals surface area contributed by atoms with Gasteiger partial charge in [0.05, 0.1) is 17.2 Å². The van der Waals surface area contributed by atoms with Gasteiger partial charge in [-0.1, -0.05) is 56.0 Å². The van der Waals surface area contributed by atoms with Crippen LogP contribution in [-0.2, 0) is 0 Å². The number of anilines is 1. The summed E-state index contributed by atoms with van der Waals surface area (Å²) in [6.07, 6.45) is 10.3. The Hall–Kier alpha value is -3.14. The van der Waals surface area contributed by atoms with E-state index in [9.17, 15) is 0 Å². The monoisotopic (exact) mass is 401 g/mol. The van der Waals surface area contributed by atoms with Crippen LogP contribution in [0.15, 0.2) is 78.6 Å². The van der Waals surface area contributed by atoms with Gasteiger partial charge in [0.15, 0.2) is 0 Å². The van der Waals surface area contributed by atoms with Crippen LogP contribution in [-0.4, -0.2) is 4.98 Å². The third kappa shape index (κ3) is 4.09. The summed E-state index contributed by atoms with van der Waals surface area (Å²) in [6.45, 7) is 7.98. The molecule has 3 nitrogen and oxygen atoms in total. The molecule has 4 heteroatoms. The number of halogens is 1. The lowest BCUT2D eigenvalue weighted by atomic mass is 9.95. The molecule has 1 saturated carbocycles. The fraction of sp³-hybridized carbons (Fsp3) is 0.269. The Morgan fingerprint density at radius 1 is 1.27 bits per heavy atom. The van der Waals surface area contributed by atoms with Gasteiger partial charge < -0.3 is 11.1 Å². The van der Waals surface area contributed by atoms with Crippen LogP contribution in [0.1, 0.15) is 37.4 Å². The van der Waals surface area contributed by atoms with Gasteiger partial charge in [-0.05, 0) is 60.8 Å². The van der Waals surface area contributed by atoms with Gasteiger partial charge in [-0.3, -0.25) is 4.98 Å². The Labute approximate surface area is 177 Å². The predicted octanol–water partition coefficient (Wildman–Crippen LogP) is 6.51. The molecule has 0 spiro atoms. The molecule has 1 fully saturated rings. The minimum absolute atomic E-state index is 0.102. The van der Waals surface area contributed by atoms with Crippen LogP contribution in [0.4, 0.5) is 10.1 Å². The van der Waals surface area contributed by atoms with E-state index in [2.05, 4.69) is 24.9 Å². The smallest absolute Gasteiger partial charge is 0.123 e. The largest absolute Gasteiger partial charge is 0.386 e. The quantitative estimate of drug-likeness (QED) is 0.600. The molecule has 0 saturated heterocycles. The number of hydrogen-bond acceptors (Lipinski definition) is 3. The number of nitrogens with one attached hydrogen (secondary N) is 1. The summed E-state index contributed by atoms with van der Waals surface area (Å²) in [5.74, 6) is 1.23. The second kappa shape index (κ2) is 8.31. The van der Waals surface area contributed by atoms with Crippen molar-refractivity contribution in [2.45, 2.75) is 33.1 Å². The zero-order valence-electron chi connectivity index (χ0n) is 17.6. The van der Waals surface area contributed by atoms with E-state index in [1.54, 1.807) is 6.08 Å². The molecule has 1 heterocycles. The first-order valence-electron chi connectivity index (χ1n) is 10.5. The Morgan fingerprint density at radius 2 is 2.00 bits per heavy atom. The molecular formula is C26H28FN3. The van der Waals surface area contributed by atoms with Crippen molar-refractivity contribution in [2.75, 3.05) is 5.32 Å². The van der Waals surface area contributed by atoms with Crippen LogP contribution in [0.2, 0.25) is 0 Å². The molecule has 0 bridgehead atoms. The summed E-state index contributed by atoms with van der Waals surface area (Å²) < 4.78 is 15.2. The summed E-state index contributed by atoms with van der Waals surface area (Å²) in [5.41, 5.74) is 12.1. The summed E-state index contributed by atoms with van der Waals surface area (Å²) in [6, 6.07) is 10.0. The van der Waals surface area contributed by atoms with Crippen molar-refractivity contribution in [3.05, 3.63) is 89.8 Å². The standard InChI is InChI=1S/C26H28FN3/c1-16-13-22(16)21-12-8-7-11-20(14-24(21)27)25-17(2)26(30-18(3)28)23(15-29-25)19-9-5-4-6-10-19/h4-7,9-11,14-16,22H,3,8,12-13,28H2,1-2H3,(H,29,30)/b11-7?,20-14?,24-21-. The van der Waals surface area contributed by atoms with Crippen molar-refractivity contribution in [3.8, 4) is 11.1 Å². The van der Waals surface area contributed by atoms with E-state index in [0.717, 1.165) is 58.5 Å². The molecule has 2 aliphatic rings. The Morgan fingerprint density at radius 3 is 2.67 bits per heavy atom. The minimum atomic E-state index is -0.102. The van der Waals surface area contributed by atoms with Crippen molar-refractivity contribution in [2.24, 2.45) is 17.6 Å². The number of nitrogens with zero attached hydrogens (tertiary/aromatic N) is 1. The van der Waals surface area contributed by atoms with Crippen molar-refractivity contribution < 1.29 is 4.39 Å². The number of aromatic nitrogens is 1. The van der Waals surface area contributed by atoms with Gasteiger partial charge in [-0.15, -0.1) is 0 Å². The van der Waals surface area contributed by atoms with Crippen LogP contribution < -0.4 is 11.1 Å². The third-order valence-corrected chi connectivity index (χ3v) is 5.99. The van der Waals surface area contributed by atoms with Crippen LogP contribution >= 0.6 is 0 Å². The fourth-order valence-corrected chi connectivity index (χ4v) is 4.22. The molecule has 2 unspecified atom stereocenters. The maximum absolute atomic E-state index is 15.2. The van der Waals surface area contributed by atoms with E-state index in [4.69, 9.17) is 10.7 Å². The molecule has 0 radical (unpaired) electrons. The molecule has 3 N–H and O–H groups in total. The molecule has 0 aliphatic heterocycles. The zero-order valence-corrected chi connectivity index (χ0v) is 17.6. The number of rotatable bonds is 5. The highest BCUT2D eigenvalue weighted by molar-refractivity contribution is 5.86. The molecular weight excluding hydrogens is 373 g/mol. The normalized spacial score (nSPS) is 23.4. The number of pyridine rings is 1. The van der Waals surface area contributed by atoms with E-state index in [1.807, 2.05) is 49.5 Å². The van der Waals surface area contributed by atoms with E-state index >= 15 is 4.39 Å². The second-order valence-corrected chi connectivity index (χ2v) is 8.27. The molecule has 1 aromatic carbocycles. The Kier molecular flexibility index (Phi) is 5.58. The molecule has 1 aromatic heterocycles. The summed E-state index contributed by atoms with van der Waals surface area (Å²) in [5, 5.41) is 3.19. The molecule has 2 atom stereocenters. The molecule has 154 valence electrons. The van der Waals surface area contributed by atoms with Crippen molar-refractivity contribution >= 4 is 11.3 Å². The van der Waals surface area contributed by atoms with Gasteiger partial charge in [0.2, 0.25) is 0 Å². The van der Waals surface area contributed by atoms with E-state index < -0.39 is 0 Å². The third-order valence-electron chi connectivity index (χ3n) is 5.99. The average molecular weight is 402 g/mol. The van der Waals surface area contributed by atoms with E-state index in [-0.39, 0.29) is 5.83 Å². The highest BCUT2D eigenvalue weighted by Crippen LogP contribution is 2.47. The van der Waals surface area contributed by atoms with E-state index in [1.165, 1.54) is 0 Å². The molecule has 2 aliphatic carbocycles. The lowest BCUT2D eigenvalue weighted by Crippen LogP contribution is -2.11. The summed E-state index contributed by atoms with van der Waals surface area (Å²) in [7, 11) is 0. The molecule has 0 amide bonds. The van der Waals surface area contributed by atoms with Gasteiger partial charge in [-0.25, -0.2) is 4.39 Å². The first-order chi connectivity index (χ1) is 14.5. The maximum Gasteiger partial charge on any atom is 0.123 e. The Bertz CT molecular complexity index is 1060. The highest BCUT2D eigenvalue weighted by atomic mass is 19.1. The summed E-state index contributed by atoms with van der Waals surface area (Å²) >= 11 is 0. The van der Waals surface area contributed by atoms with Crippen molar-refractivity contribution in [3.63, 3.8) is 0 Å². The van der Waals surface area contributed by atoms with Gasteiger partial charge in [0, 0.05) is 17.3 Å². The van der Waals surface area contributed by atoms with Crippen LogP contribution in [0.25, 0.3) is 16.7 Å². The zero-order chi connectivity index (χ0) is 21.3. The van der Waals surface area contributed by atoms with Crippen molar-refractivity contribution in [1.29, 1.82) is 0 Å². The van der Waals surface area contributed by atoms with Crippen LogP contribution in [0.3, 0.4) is 0 Å². The first kappa shape index (κ1) is 20.1. The number of nitrogens with two attached hydrogens (primary N) is 1. The number of benzene rings is 1. The first-order valence-corrected chi connectivity index (χ1v) is 10.5. The van der Waals surface area contributed by atoms with Crippen LogP contribution in [0.5, 0.6) is 0 Å². The van der Waals surface area contributed by atoms with E-state index in [0.29, 0.717) is 17.7 Å². The second-order valence-electron chi connectivity index (χ2n) is 8.27. The van der Waals surface area contributed by atoms with Gasteiger partial charge in [0.1, 0.15) is 5.83 Å².